The molecule has 0 aliphatic heterocycles. The first-order valence-electron chi connectivity index (χ1n) is 6.43. The Hall–Kier alpha value is -2.07. The fourth-order valence-corrected chi connectivity index (χ4v) is 2.16. The minimum Gasteiger partial charge on any atom is -0.330 e. The van der Waals surface area contributed by atoms with E-state index in [1.165, 1.54) is 5.52 Å². The van der Waals surface area contributed by atoms with E-state index in [4.69, 9.17) is 5.73 Å². The van der Waals surface area contributed by atoms with E-state index >= 15 is 0 Å². The van der Waals surface area contributed by atoms with Crippen molar-refractivity contribution < 1.29 is 0 Å². The van der Waals surface area contributed by atoms with Gasteiger partial charge >= 0.3 is 0 Å². The van der Waals surface area contributed by atoms with Crippen molar-refractivity contribution in [1.82, 2.24) is 14.0 Å². The third-order valence-corrected chi connectivity index (χ3v) is 3.61. The molecule has 0 spiro atoms. The van der Waals surface area contributed by atoms with Crippen molar-refractivity contribution in [2.45, 2.75) is 19.4 Å². The van der Waals surface area contributed by atoms with Gasteiger partial charge in [-0.25, -0.2) is 4.98 Å². The number of hydrogen-bond acceptors (Lipinski definition) is 2. The minimum absolute atomic E-state index is 0.113. The van der Waals surface area contributed by atoms with Gasteiger partial charge in [0.25, 0.3) is 0 Å². The second-order valence-corrected chi connectivity index (χ2v) is 5.40. The topological polar surface area (TPSA) is 48.2 Å². The zero-order chi connectivity index (χ0) is 13.5. The Morgan fingerprint density at radius 3 is 2.84 bits per heavy atom. The van der Waals surface area contributed by atoms with Crippen molar-refractivity contribution in [2.75, 3.05) is 6.54 Å². The van der Waals surface area contributed by atoms with Crippen LogP contribution in [0.15, 0.2) is 49.1 Å². The molecule has 0 aromatic carbocycles. The molecule has 19 heavy (non-hydrogen) atoms. The van der Waals surface area contributed by atoms with Crippen LogP contribution < -0.4 is 5.73 Å². The highest BCUT2D eigenvalue weighted by molar-refractivity contribution is 5.64. The predicted octanol–water partition coefficient (Wildman–Crippen LogP) is 2.50. The van der Waals surface area contributed by atoms with Crippen LogP contribution in [0.4, 0.5) is 0 Å². The lowest BCUT2D eigenvalue weighted by Gasteiger charge is -2.23. The summed E-state index contributed by atoms with van der Waals surface area (Å²) in [6.45, 7) is 4.79. The summed E-state index contributed by atoms with van der Waals surface area (Å²) in [5, 5.41) is 0. The quantitative estimate of drug-likeness (QED) is 0.780. The van der Waals surface area contributed by atoms with Gasteiger partial charge in [0, 0.05) is 24.5 Å². The van der Waals surface area contributed by atoms with Gasteiger partial charge < -0.3 is 14.7 Å². The molecule has 0 saturated heterocycles. The molecule has 0 amide bonds. The molecule has 3 aromatic heterocycles. The van der Waals surface area contributed by atoms with Crippen molar-refractivity contribution in [3.8, 4) is 11.4 Å². The lowest BCUT2D eigenvalue weighted by atomic mass is 10.1. The monoisotopic (exact) mass is 254 g/mol. The van der Waals surface area contributed by atoms with Crippen molar-refractivity contribution in [3.05, 3.63) is 49.1 Å². The highest BCUT2D eigenvalue weighted by Gasteiger charge is 2.19. The minimum atomic E-state index is -0.113. The largest absolute Gasteiger partial charge is 0.330 e. The van der Waals surface area contributed by atoms with E-state index in [0.29, 0.717) is 6.54 Å². The molecule has 2 N–H and O–H groups in total. The molecule has 98 valence electrons. The van der Waals surface area contributed by atoms with Gasteiger partial charge in [0.1, 0.15) is 5.69 Å². The lowest BCUT2D eigenvalue weighted by Crippen LogP contribution is -2.33. The molecule has 0 unspecified atom stereocenters. The van der Waals surface area contributed by atoms with Crippen LogP contribution in [0.25, 0.3) is 16.9 Å². The first kappa shape index (κ1) is 12.0. The molecule has 0 bridgehead atoms. The van der Waals surface area contributed by atoms with E-state index in [-0.39, 0.29) is 5.54 Å². The van der Waals surface area contributed by atoms with Crippen molar-refractivity contribution in [2.24, 2.45) is 5.73 Å². The number of nitrogens with two attached hydrogens (primary N) is 1. The van der Waals surface area contributed by atoms with E-state index in [0.717, 1.165) is 11.4 Å². The maximum Gasteiger partial charge on any atom is 0.105 e. The Balaban J connectivity index is 2.08. The smallest absolute Gasteiger partial charge is 0.105 e. The number of pyridine rings is 1. The molecule has 0 aliphatic carbocycles. The first-order chi connectivity index (χ1) is 9.12. The molecule has 4 heteroatoms. The number of rotatable bonds is 3. The molecule has 3 heterocycles. The molecule has 3 aromatic rings. The molecule has 0 radical (unpaired) electrons. The molecule has 4 nitrogen and oxygen atoms in total. The predicted molar refractivity (Wildman–Crippen MR) is 77.0 cm³/mol. The number of nitrogens with zero attached hydrogens (tertiary/aromatic N) is 3. The Morgan fingerprint density at radius 2 is 2.05 bits per heavy atom. The van der Waals surface area contributed by atoms with E-state index in [2.05, 4.69) is 58.4 Å². The van der Waals surface area contributed by atoms with E-state index < -0.39 is 0 Å². The van der Waals surface area contributed by atoms with Gasteiger partial charge in [-0.1, -0.05) is 6.07 Å². The SMILES string of the molecule is CC(C)(CN)n1cnc(-c2ccc3ccccn23)c1. The maximum absolute atomic E-state index is 5.80. The molecule has 0 aliphatic rings. The Labute approximate surface area is 112 Å². The van der Waals surface area contributed by atoms with Gasteiger partial charge in [0.2, 0.25) is 0 Å². The highest BCUT2D eigenvalue weighted by atomic mass is 15.1. The van der Waals surface area contributed by atoms with Crippen LogP contribution in [0.3, 0.4) is 0 Å². The maximum atomic E-state index is 5.80. The number of fused-ring (bicyclic) bond motifs is 1. The van der Waals surface area contributed by atoms with Crippen LogP contribution in [-0.2, 0) is 5.54 Å². The Kier molecular flexibility index (Phi) is 2.68. The molecule has 0 saturated carbocycles. The van der Waals surface area contributed by atoms with Crippen molar-refractivity contribution in [3.63, 3.8) is 0 Å². The average Bonchev–Trinajstić information content (AvgIpc) is 3.05. The zero-order valence-electron chi connectivity index (χ0n) is 11.2. The summed E-state index contributed by atoms with van der Waals surface area (Å²) < 4.78 is 4.22. The lowest BCUT2D eigenvalue weighted by molar-refractivity contribution is 0.366. The van der Waals surface area contributed by atoms with Gasteiger partial charge in [-0.2, -0.15) is 0 Å². The molecular formula is C15H18N4. The average molecular weight is 254 g/mol. The van der Waals surface area contributed by atoms with Gasteiger partial charge in [-0.05, 0) is 38.1 Å². The zero-order valence-corrected chi connectivity index (χ0v) is 11.2. The van der Waals surface area contributed by atoms with Crippen molar-refractivity contribution in [1.29, 1.82) is 0 Å². The van der Waals surface area contributed by atoms with Gasteiger partial charge in [-0.15, -0.1) is 0 Å². The molecule has 3 rings (SSSR count). The third-order valence-electron chi connectivity index (χ3n) is 3.61. The van der Waals surface area contributed by atoms with Gasteiger partial charge in [-0.3, -0.25) is 0 Å². The summed E-state index contributed by atoms with van der Waals surface area (Å²) in [4.78, 5) is 4.51. The number of aromatic nitrogens is 3. The fraction of sp³-hybridized carbons (Fsp3) is 0.267. The van der Waals surface area contributed by atoms with E-state index in [1.54, 1.807) is 0 Å². The normalized spacial score (nSPS) is 12.2. The van der Waals surface area contributed by atoms with Crippen LogP contribution >= 0.6 is 0 Å². The fourth-order valence-electron chi connectivity index (χ4n) is 2.16. The number of imidazole rings is 1. The molecule has 0 atom stereocenters. The summed E-state index contributed by atoms with van der Waals surface area (Å²) in [6, 6.07) is 10.3. The second-order valence-electron chi connectivity index (χ2n) is 5.40. The summed E-state index contributed by atoms with van der Waals surface area (Å²) in [5.74, 6) is 0. The summed E-state index contributed by atoms with van der Waals surface area (Å²) >= 11 is 0. The van der Waals surface area contributed by atoms with Crippen LogP contribution in [-0.4, -0.2) is 20.5 Å². The van der Waals surface area contributed by atoms with E-state index in [1.807, 2.05) is 18.5 Å². The van der Waals surface area contributed by atoms with Crippen LogP contribution in [0.5, 0.6) is 0 Å². The van der Waals surface area contributed by atoms with Crippen molar-refractivity contribution >= 4 is 5.52 Å². The second kappa shape index (κ2) is 4.24. The van der Waals surface area contributed by atoms with Crippen LogP contribution in [0.1, 0.15) is 13.8 Å². The summed E-state index contributed by atoms with van der Waals surface area (Å²) in [7, 11) is 0. The first-order valence-corrected chi connectivity index (χ1v) is 6.43. The number of hydrogen-bond donors (Lipinski definition) is 1. The van der Waals surface area contributed by atoms with Crippen LogP contribution in [0.2, 0.25) is 0 Å². The standard InChI is InChI=1S/C15H18N4/c1-15(2,10-16)18-9-13(17-11-18)14-7-6-12-5-3-4-8-19(12)14/h3-9,11H,10,16H2,1-2H3. The Morgan fingerprint density at radius 1 is 1.21 bits per heavy atom. The van der Waals surface area contributed by atoms with Crippen LogP contribution in [0, 0.1) is 0 Å². The van der Waals surface area contributed by atoms with Gasteiger partial charge in [0.15, 0.2) is 0 Å². The third kappa shape index (κ3) is 1.94. The Bertz CT molecular complexity index is 706. The summed E-state index contributed by atoms with van der Waals surface area (Å²) in [5.41, 5.74) is 8.93. The van der Waals surface area contributed by atoms with Gasteiger partial charge in [0.05, 0.1) is 17.6 Å². The molecular weight excluding hydrogens is 236 g/mol. The molecule has 0 fully saturated rings. The highest BCUT2D eigenvalue weighted by Crippen LogP contribution is 2.23. The summed E-state index contributed by atoms with van der Waals surface area (Å²) in [6.07, 6.45) is 5.96. The van der Waals surface area contributed by atoms with E-state index in [9.17, 15) is 0 Å².